The van der Waals surface area contributed by atoms with Crippen molar-refractivity contribution in [3.8, 4) is 0 Å². The SMILES string of the molecule is CCCNC(=O)CCN(c1c(C)cccc1C)S(C)(=O)=O. The van der Waals surface area contributed by atoms with Crippen LogP contribution in [0.4, 0.5) is 5.69 Å². The van der Waals surface area contributed by atoms with Gasteiger partial charge in [0.2, 0.25) is 15.9 Å². The van der Waals surface area contributed by atoms with Crippen LogP contribution in [0.1, 0.15) is 30.9 Å². The van der Waals surface area contributed by atoms with Crippen molar-refractivity contribution >= 4 is 21.6 Å². The molecule has 0 fully saturated rings. The fourth-order valence-electron chi connectivity index (χ4n) is 2.20. The predicted octanol–water partition coefficient (Wildman–Crippen LogP) is 1.99. The molecule has 0 saturated carbocycles. The second-order valence-corrected chi connectivity index (χ2v) is 7.08. The third-order valence-electron chi connectivity index (χ3n) is 3.20. The number of nitrogens with zero attached hydrogens (tertiary/aromatic N) is 1. The van der Waals surface area contributed by atoms with Crippen molar-refractivity contribution in [3.63, 3.8) is 0 Å². The summed E-state index contributed by atoms with van der Waals surface area (Å²) in [5.41, 5.74) is 2.44. The van der Waals surface area contributed by atoms with E-state index in [9.17, 15) is 13.2 Å². The van der Waals surface area contributed by atoms with Crippen LogP contribution in [-0.4, -0.2) is 33.7 Å². The van der Waals surface area contributed by atoms with Crippen molar-refractivity contribution in [2.24, 2.45) is 0 Å². The summed E-state index contributed by atoms with van der Waals surface area (Å²) in [6.45, 7) is 6.48. The van der Waals surface area contributed by atoms with E-state index in [4.69, 9.17) is 0 Å². The molecular weight excluding hydrogens is 288 g/mol. The van der Waals surface area contributed by atoms with E-state index in [1.54, 1.807) is 0 Å². The summed E-state index contributed by atoms with van der Waals surface area (Å²) >= 11 is 0. The highest BCUT2D eigenvalue weighted by atomic mass is 32.2. The molecule has 0 radical (unpaired) electrons. The molecule has 1 aromatic carbocycles. The number of hydrogen-bond acceptors (Lipinski definition) is 3. The molecule has 0 aliphatic carbocycles. The number of anilines is 1. The maximum atomic E-state index is 12.1. The minimum absolute atomic E-state index is 0.128. The van der Waals surface area contributed by atoms with Gasteiger partial charge in [0.1, 0.15) is 0 Å². The average Bonchev–Trinajstić information content (AvgIpc) is 2.38. The lowest BCUT2D eigenvalue weighted by Crippen LogP contribution is -2.35. The van der Waals surface area contributed by atoms with Crippen molar-refractivity contribution in [2.45, 2.75) is 33.6 Å². The number of sulfonamides is 1. The van der Waals surface area contributed by atoms with Gasteiger partial charge in [-0.25, -0.2) is 8.42 Å². The lowest BCUT2D eigenvalue weighted by molar-refractivity contribution is -0.120. The van der Waals surface area contributed by atoms with E-state index >= 15 is 0 Å². The lowest BCUT2D eigenvalue weighted by atomic mass is 10.1. The Bertz CT molecular complexity index is 577. The van der Waals surface area contributed by atoms with Gasteiger partial charge in [0.05, 0.1) is 11.9 Å². The molecule has 0 unspecified atom stereocenters. The summed E-state index contributed by atoms with van der Waals surface area (Å²) in [5, 5.41) is 2.76. The molecule has 118 valence electrons. The van der Waals surface area contributed by atoms with Crippen molar-refractivity contribution in [1.82, 2.24) is 5.32 Å². The molecule has 1 N–H and O–H groups in total. The van der Waals surface area contributed by atoms with E-state index in [1.807, 2.05) is 39.0 Å². The summed E-state index contributed by atoms with van der Waals surface area (Å²) in [5.74, 6) is -0.128. The number of carbonyl (C=O) groups is 1. The Balaban J connectivity index is 2.96. The second-order valence-electron chi connectivity index (χ2n) is 5.18. The van der Waals surface area contributed by atoms with Gasteiger partial charge in [-0.2, -0.15) is 0 Å². The van der Waals surface area contributed by atoms with E-state index in [2.05, 4.69) is 5.32 Å². The largest absolute Gasteiger partial charge is 0.356 e. The molecule has 21 heavy (non-hydrogen) atoms. The molecule has 0 aromatic heterocycles. The zero-order chi connectivity index (χ0) is 16.0. The lowest BCUT2D eigenvalue weighted by Gasteiger charge is -2.25. The molecule has 5 nitrogen and oxygen atoms in total. The number of aryl methyl sites for hydroxylation is 2. The van der Waals surface area contributed by atoms with Crippen LogP contribution in [0.2, 0.25) is 0 Å². The van der Waals surface area contributed by atoms with Gasteiger partial charge in [0.15, 0.2) is 0 Å². The predicted molar refractivity (Wildman–Crippen MR) is 86.0 cm³/mol. The zero-order valence-electron chi connectivity index (χ0n) is 13.1. The summed E-state index contributed by atoms with van der Waals surface area (Å²) < 4.78 is 25.4. The third-order valence-corrected chi connectivity index (χ3v) is 4.37. The fraction of sp³-hybridized carbons (Fsp3) is 0.533. The molecule has 6 heteroatoms. The molecular formula is C15H24N2O3S. The second kappa shape index (κ2) is 7.45. The molecule has 0 aliphatic rings. The monoisotopic (exact) mass is 312 g/mol. The van der Waals surface area contributed by atoms with E-state index in [0.29, 0.717) is 12.2 Å². The fourth-order valence-corrected chi connectivity index (χ4v) is 3.24. The van der Waals surface area contributed by atoms with Crippen LogP contribution in [0.5, 0.6) is 0 Å². The van der Waals surface area contributed by atoms with E-state index < -0.39 is 10.0 Å². The maximum absolute atomic E-state index is 12.1. The molecule has 0 bridgehead atoms. The average molecular weight is 312 g/mol. The van der Waals surface area contributed by atoms with Crippen LogP contribution >= 0.6 is 0 Å². The molecule has 1 amide bonds. The number of para-hydroxylation sites is 1. The van der Waals surface area contributed by atoms with Crippen LogP contribution in [0, 0.1) is 13.8 Å². The Morgan fingerprint density at radius 2 is 1.81 bits per heavy atom. The summed E-state index contributed by atoms with van der Waals surface area (Å²) in [4.78, 5) is 11.7. The highest BCUT2D eigenvalue weighted by molar-refractivity contribution is 7.92. The highest BCUT2D eigenvalue weighted by Gasteiger charge is 2.21. The van der Waals surface area contributed by atoms with E-state index in [0.717, 1.165) is 17.5 Å². The van der Waals surface area contributed by atoms with Gasteiger partial charge in [-0.1, -0.05) is 25.1 Å². The van der Waals surface area contributed by atoms with Gasteiger partial charge >= 0.3 is 0 Å². The number of nitrogens with one attached hydrogen (secondary N) is 1. The summed E-state index contributed by atoms with van der Waals surface area (Å²) in [6.07, 6.45) is 2.18. The van der Waals surface area contributed by atoms with Gasteiger partial charge in [-0.05, 0) is 31.4 Å². The number of amides is 1. The molecule has 0 saturated heterocycles. The van der Waals surface area contributed by atoms with Crippen LogP contribution in [0.25, 0.3) is 0 Å². The molecule has 0 aliphatic heterocycles. The van der Waals surface area contributed by atoms with Gasteiger partial charge < -0.3 is 5.32 Å². The minimum Gasteiger partial charge on any atom is -0.356 e. The van der Waals surface area contributed by atoms with Gasteiger partial charge in [0.25, 0.3) is 0 Å². The number of carbonyl (C=O) groups excluding carboxylic acids is 1. The molecule has 0 heterocycles. The van der Waals surface area contributed by atoms with Crippen LogP contribution < -0.4 is 9.62 Å². The number of benzene rings is 1. The van der Waals surface area contributed by atoms with Crippen molar-refractivity contribution in [2.75, 3.05) is 23.7 Å². The minimum atomic E-state index is -3.43. The first-order chi connectivity index (χ1) is 9.77. The van der Waals surface area contributed by atoms with Crippen LogP contribution in [0.3, 0.4) is 0 Å². The van der Waals surface area contributed by atoms with Crippen molar-refractivity contribution < 1.29 is 13.2 Å². The molecule has 1 rings (SSSR count). The standard InChI is InChI=1S/C15H24N2O3S/c1-5-10-16-14(18)9-11-17(21(4,19)20)15-12(2)7-6-8-13(15)3/h6-8H,5,9-11H2,1-4H3,(H,16,18). The summed E-state index contributed by atoms with van der Waals surface area (Å²) in [7, 11) is -3.43. The van der Waals surface area contributed by atoms with E-state index in [-0.39, 0.29) is 18.9 Å². The van der Waals surface area contributed by atoms with Gasteiger partial charge in [-0.15, -0.1) is 0 Å². The Morgan fingerprint density at radius 3 is 2.29 bits per heavy atom. The molecule has 0 spiro atoms. The Labute approximate surface area is 127 Å². The molecule has 0 atom stereocenters. The van der Waals surface area contributed by atoms with Crippen LogP contribution in [-0.2, 0) is 14.8 Å². The number of hydrogen-bond donors (Lipinski definition) is 1. The first-order valence-electron chi connectivity index (χ1n) is 7.08. The van der Waals surface area contributed by atoms with Gasteiger partial charge in [0, 0.05) is 19.5 Å². The maximum Gasteiger partial charge on any atom is 0.232 e. The molecule has 1 aromatic rings. The topological polar surface area (TPSA) is 66.5 Å². The summed E-state index contributed by atoms with van der Waals surface area (Å²) in [6, 6.07) is 5.64. The third kappa shape index (κ3) is 5.04. The quantitative estimate of drug-likeness (QED) is 0.837. The normalized spacial score (nSPS) is 11.2. The van der Waals surface area contributed by atoms with Crippen molar-refractivity contribution in [1.29, 1.82) is 0 Å². The Morgan fingerprint density at radius 1 is 1.24 bits per heavy atom. The van der Waals surface area contributed by atoms with Gasteiger partial charge in [-0.3, -0.25) is 9.10 Å². The first kappa shape index (κ1) is 17.5. The Kier molecular flexibility index (Phi) is 6.20. The Hall–Kier alpha value is -1.56. The number of rotatable bonds is 7. The van der Waals surface area contributed by atoms with E-state index in [1.165, 1.54) is 10.6 Å². The van der Waals surface area contributed by atoms with Crippen molar-refractivity contribution in [3.05, 3.63) is 29.3 Å². The highest BCUT2D eigenvalue weighted by Crippen LogP contribution is 2.26. The van der Waals surface area contributed by atoms with Crippen LogP contribution in [0.15, 0.2) is 18.2 Å². The first-order valence-corrected chi connectivity index (χ1v) is 8.92. The zero-order valence-corrected chi connectivity index (χ0v) is 14.0. The smallest absolute Gasteiger partial charge is 0.232 e.